The lowest BCUT2D eigenvalue weighted by Gasteiger charge is -2.52. The van der Waals surface area contributed by atoms with Crippen molar-refractivity contribution in [2.45, 2.75) is 227 Å². The lowest BCUT2D eigenvalue weighted by atomic mass is 9.65. The zero-order valence-electron chi connectivity index (χ0n) is 49.3. The molecule has 0 saturated carbocycles. The Morgan fingerprint density at radius 1 is 0.896 bits per heavy atom. The van der Waals surface area contributed by atoms with Crippen LogP contribution in [-0.2, 0) is 64.0 Å². The largest absolute Gasteiger partial charge is 0.459 e. The van der Waals surface area contributed by atoms with Gasteiger partial charge in [0, 0.05) is 76.6 Å². The Hall–Kier alpha value is -3.92. The SMILES string of the molecule is CC[C@H]1OC(=O)[C@H](C)C([C@H]2C[C@@](C)(OC)[C@@H](O)[C@H](C)O2)[C@H](C)[C@@H](O[C@@H]2O[C@H](C)C[C@H](N(C)CCc3cn(CCCCc4ccc(-n5cc(COC(C)=O)nn5)cc4)nn3)[C@H]2C)C(C)(C)C[C@@H](C)CN(C)[C@H](C)[C@@H](O)[C@]1(C)O. The molecule has 19 heteroatoms. The number of methoxy groups -OCH3 is 1. The van der Waals surface area contributed by atoms with Gasteiger partial charge in [0.15, 0.2) is 6.29 Å². The molecule has 17 atom stereocenters. The molecule has 434 valence electrons. The van der Waals surface area contributed by atoms with E-state index in [1.807, 2.05) is 58.5 Å². The summed E-state index contributed by atoms with van der Waals surface area (Å²) in [7, 11) is 5.74. The minimum atomic E-state index is -1.74. The number of hydrogen-bond acceptors (Lipinski definition) is 17. The van der Waals surface area contributed by atoms with Crippen molar-refractivity contribution in [3.05, 3.63) is 53.6 Å². The van der Waals surface area contributed by atoms with Crippen LogP contribution in [0.5, 0.6) is 0 Å². The molecule has 0 aliphatic carbocycles. The minimum Gasteiger partial charge on any atom is -0.459 e. The van der Waals surface area contributed by atoms with Gasteiger partial charge in [0.2, 0.25) is 0 Å². The number of esters is 2. The molecule has 0 amide bonds. The maximum Gasteiger partial charge on any atom is 0.309 e. The van der Waals surface area contributed by atoms with Crippen molar-refractivity contribution in [3.8, 4) is 5.69 Å². The number of aliphatic hydroxyl groups is 3. The average Bonchev–Trinajstić information content (AvgIpc) is 4.09. The number of ether oxygens (including phenoxy) is 6. The summed E-state index contributed by atoms with van der Waals surface area (Å²) < 4.78 is 42.1. The molecular formula is C58H96N8O11. The first-order valence-electron chi connectivity index (χ1n) is 28.4. The quantitative estimate of drug-likeness (QED) is 0.0959. The predicted octanol–water partition coefficient (Wildman–Crippen LogP) is 6.60. The van der Waals surface area contributed by atoms with Gasteiger partial charge >= 0.3 is 11.9 Å². The van der Waals surface area contributed by atoms with Gasteiger partial charge < -0.3 is 53.5 Å². The van der Waals surface area contributed by atoms with Gasteiger partial charge in [0.05, 0.1) is 53.5 Å². The highest BCUT2D eigenvalue weighted by molar-refractivity contribution is 5.73. The maximum absolute atomic E-state index is 14.7. The van der Waals surface area contributed by atoms with Crippen LogP contribution >= 0.6 is 0 Å². The van der Waals surface area contributed by atoms with Gasteiger partial charge in [-0.2, -0.15) is 0 Å². The van der Waals surface area contributed by atoms with Gasteiger partial charge in [-0.05, 0) is 122 Å². The lowest BCUT2D eigenvalue weighted by Crippen LogP contribution is -2.60. The minimum absolute atomic E-state index is 0.0333. The second-order valence-electron chi connectivity index (χ2n) is 24.5. The standard InChI is InChI=1S/C58H96N8O11/c1-17-49-58(13,71)51(68)40(7)64(15)31-35(2)29-56(10,11)53(38(5)50(39(6)54(70)76-49)48-30-57(12,72-16)52(69)41(8)75-48)77-55-37(4)47(28-36(3)74-55)63(14)27-25-44-32-65(61-59-44)26-19-18-20-43-21-23-46(24-22-43)66-33-45(60-62-66)34-73-42(9)67/h21-24,32-33,35-41,47-53,55,68-69,71H,17-20,25-31,34H2,1-16H3/t35-,36-,37-,38+,39-,40-,41+,47+,48-,49-,50?,51-,52+,53-,55+,57-,58-/m1/s1. The number of benzene rings is 1. The fourth-order valence-corrected chi connectivity index (χ4v) is 13.0. The molecule has 3 aliphatic rings. The monoisotopic (exact) mass is 1080 g/mol. The van der Waals surface area contributed by atoms with E-state index >= 15 is 0 Å². The number of rotatable bonds is 17. The van der Waals surface area contributed by atoms with E-state index in [0.717, 1.165) is 63.0 Å². The molecule has 77 heavy (non-hydrogen) atoms. The maximum atomic E-state index is 14.7. The van der Waals surface area contributed by atoms with Crippen LogP contribution in [-0.4, -0.2) is 174 Å². The fourth-order valence-electron chi connectivity index (χ4n) is 13.0. The van der Waals surface area contributed by atoms with E-state index in [9.17, 15) is 24.9 Å². The van der Waals surface area contributed by atoms with Crippen molar-refractivity contribution in [2.75, 3.05) is 34.3 Å². The average molecular weight is 1080 g/mol. The van der Waals surface area contributed by atoms with Crippen molar-refractivity contribution in [1.82, 2.24) is 39.8 Å². The number of aryl methyl sites for hydroxylation is 2. The molecule has 0 spiro atoms. The lowest BCUT2D eigenvalue weighted by molar-refractivity contribution is -0.281. The molecule has 3 aromatic rings. The molecule has 3 N–H and O–H groups in total. The summed E-state index contributed by atoms with van der Waals surface area (Å²) in [5, 5.41) is 52.4. The van der Waals surface area contributed by atoms with Crippen LogP contribution in [0.2, 0.25) is 0 Å². The Balaban J connectivity index is 1.15. The number of hydrogen-bond donors (Lipinski definition) is 3. The van der Waals surface area contributed by atoms with Crippen molar-refractivity contribution in [2.24, 2.45) is 35.0 Å². The van der Waals surface area contributed by atoms with Gasteiger partial charge in [-0.3, -0.25) is 14.3 Å². The van der Waals surface area contributed by atoms with Crippen molar-refractivity contribution in [1.29, 1.82) is 0 Å². The third-order valence-electron chi connectivity index (χ3n) is 17.7. The van der Waals surface area contributed by atoms with E-state index in [4.69, 9.17) is 28.4 Å². The predicted molar refractivity (Wildman–Crippen MR) is 292 cm³/mol. The summed E-state index contributed by atoms with van der Waals surface area (Å²) in [6.45, 7) is 27.7. The number of cyclic esters (lactones) is 1. The third kappa shape index (κ3) is 15.3. The third-order valence-corrected chi connectivity index (χ3v) is 17.7. The van der Waals surface area contributed by atoms with E-state index in [-0.39, 0.29) is 42.5 Å². The molecule has 3 saturated heterocycles. The molecule has 19 nitrogen and oxygen atoms in total. The van der Waals surface area contributed by atoms with Crippen LogP contribution in [0, 0.1) is 35.0 Å². The second-order valence-corrected chi connectivity index (χ2v) is 24.5. The zero-order valence-corrected chi connectivity index (χ0v) is 49.3. The summed E-state index contributed by atoms with van der Waals surface area (Å²) in [6.07, 6.45) is 4.26. The molecule has 0 bridgehead atoms. The van der Waals surface area contributed by atoms with Gasteiger partial charge in [-0.1, -0.05) is 71.0 Å². The first-order chi connectivity index (χ1) is 36.2. The van der Waals surface area contributed by atoms with E-state index in [1.54, 1.807) is 24.9 Å². The van der Waals surface area contributed by atoms with Crippen molar-refractivity contribution in [3.63, 3.8) is 0 Å². The highest BCUT2D eigenvalue weighted by Gasteiger charge is 2.54. The van der Waals surface area contributed by atoms with E-state index in [1.165, 1.54) is 12.5 Å². The Morgan fingerprint density at radius 2 is 1.58 bits per heavy atom. The normalized spacial score (nSPS) is 36.0. The molecule has 3 aliphatic heterocycles. The molecule has 3 fully saturated rings. The van der Waals surface area contributed by atoms with Crippen LogP contribution in [0.4, 0.5) is 0 Å². The second kappa shape index (κ2) is 26.6. The molecule has 5 heterocycles. The molecule has 1 unspecified atom stereocenters. The van der Waals surface area contributed by atoms with Crippen LogP contribution < -0.4 is 0 Å². The van der Waals surface area contributed by atoms with E-state index < -0.39 is 83.4 Å². The summed E-state index contributed by atoms with van der Waals surface area (Å²) in [5.74, 6) is -2.31. The number of aliphatic hydroxyl groups excluding tert-OH is 2. The summed E-state index contributed by atoms with van der Waals surface area (Å²) in [4.78, 5) is 30.4. The van der Waals surface area contributed by atoms with E-state index in [2.05, 4.69) is 97.3 Å². The summed E-state index contributed by atoms with van der Waals surface area (Å²) in [5.41, 5.74) is 0.469. The summed E-state index contributed by atoms with van der Waals surface area (Å²) in [6, 6.07) is 7.91. The van der Waals surface area contributed by atoms with Crippen molar-refractivity contribution < 1.29 is 53.3 Å². The molecular weight excluding hydrogens is 985 g/mol. The Bertz CT molecular complexity index is 2330. The Labute approximate surface area is 459 Å². The highest BCUT2D eigenvalue weighted by atomic mass is 16.7. The molecule has 0 radical (unpaired) electrons. The highest BCUT2D eigenvalue weighted by Crippen LogP contribution is 2.47. The first-order valence-corrected chi connectivity index (χ1v) is 28.4. The molecule has 6 rings (SSSR count). The van der Waals surface area contributed by atoms with Gasteiger partial charge in [-0.15, -0.1) is 10.2 Å². The van der Waals surface area contributed by atoms with Gasteiger partial charge in [0.25, 0.3) is 0 Å². The van der Waals surface area contributed by atoms with Gasteiger partial charge in [-0.25, -0.2) is 4.68 Å². The van der Waals surface area contributed by atoms with Crippen LogP contribution in [0.15, 0.2) is 36.7 Å². The van der Waals surface area contributed by atoms with Crippen LogP contribution in [0.3, 0.4) is 0 Å². The number of aromatic nitrogens is 6. The summed E-state index contributed by atoms with van der Waals surface area (Å²) >= 11 is 0. The molecule has 1 aromatic carbocycles. The van der Waals surface area contributed by atoms with E-state index in [0.29, 0.717) is 25.1 Å². The number of likely N-dealkylation sites (N-methyl/N-ethyl adjacent to an activating group) is 2. The molecule has 2 aromatic heterocycles. The number of carbonyl (C=O) groups is 2. The first kappa shape index (κ1) is 62.3. The fraction of sp³-hybridized carbons (Fsp3) is 0.793. The van der Waals surface area contributed by atoms with Crippen LogP contribution in [0.25, 0.3) is 5.69 Å². The van der Waals surface area contributed by atoms with Gasteiger partial charge in [0.1, 0.15) is 36.2 Å². The zero-order chi connectivity index (χ0) is 56.7. The topological polar surface area (TPSA) is 218 Å². The number of carbonyl (C=O) groups excluding carboxylic acids is 2. The number of unbranched alkanes of at least 4 members (excludes halogenated alkanes) is 1. The Kier molecular flexibility index (Phi) is 21.5. The van der Waals surface area contributed by atoms with Crippen molar-refractivity contribution >= 4 is 11.9 Å². The van der Waals surface area contributed by atoms with Crippen LogP contribution in [0.1, 0.15) is 145 Å². The smallest absolute Gasteiger partial charge is 0.309 e. The Morgan fingerprint density at radius 3 is 2.25 bits per heavy atom. The number of nitrogens with zero attached hydrogens (tertiary/aromatic N) is 8.